The number of benzene rings is 2. The highest BCUT2D eigenvalue weighted by Crippen LogP contribution is 2.33. The van der Waals surface area contributed by atoms with Gasteiger partial charge < -0.3 is 5.11 Å². The van der Waals surface area contributed by atoms with Crippen molar-refractivity contribution in [2.24, 2.45) is 0 Å². The fraction of sp³-hybridized carbons (Fsp3) is 0.250. The van der Waals surface area contributed by atoms with Gasteiger partial charge in [0.05, 0.1) is 0 Å². The number of rotatable bonds is 2. The van der Waals surface area contributed by atoms with E-state index in [0.29, 0.717) is 5.56 Å². The Balaban J connectivity index is 2.61. The van der Waals surface area contributed by atoms with Gasteiger partial charge in [-0.25, -0.2) is 8.78 Å². The predicted octanol–water partition coefficient (Wildman–Crippen LogP) is 3.84. The standard InChI is InChI=1S/C16H16F2O/c1-10-7-8-12(11(2)9-10)16(3,19)13-5-4-6-14(17)15(13)18/h4-9,19H,1-3H3. The maximum absolute atomic E-state index is 13.9. The fourth-order valence-corrected chi connectivity index (χ4v) is 2.38. The third kappa shape index (κ3) is 2.38. The molecule has 0 aliphatic carbocycles. The smallest absolute Gasteiger partial charge is 0.165 e. The van der Waals surface area contributed by atoms with E-state index in [2.05, 4.69) is 0 Å². The molecule has 1 N–H and O–H groups in total. The maximum atomic E-state index is 13.9. The van der Waals surface area contributed by atoms with E-state index in [0.717, 1.165) is 17.2 Å². The van der Waals surface area contributed by atoms with E-state index in [1.165, 1.54) is 19.1 Å². The molecule has 0 fully saturated rings. The molecule has 0 aliphatic rings. The van der Waals surface area contributed by atoms with Crippen LogP contribution in [0.3, 0.4) is 0 Å². The van der Waals surface area contributed by atoms with Gasteiger partial charge in [-0.3, -0.25) is 0 Å². The van der Waals surface area contributed by atoms with Crippen LogP contribution in [0.5, 0.6) is 0 Å². The summed E-state index contributed by atoms with van der Waals surface area (Å²) in [5, 5.41) is 10.6. The van der Waals surface area contributed by atoms with E-state index >= 15 is 0 Å². The molecular formula is C16H16F2O. The molecule has 0 saturated heterocycles. The highest BCUT2D eigenvalue weighted by atomic mass is 19.2. The number of hydrogen-bond acceptors (Lipinski definition) is 1. The Kier molecular flexibility index (Phi) is 3.42. The number of halogens is 2. The first-order chi connectivity index (χ1) is 8.84. The van der Waals surface area contributed by atoms with Crippen molar-refractivity contribution < 1.29 is 13.9 Å². The molecule has 0 bridgehead atoms. The van der Waals surface area contributed by atoms with Gasteiger partial charge in [0.25, 0.3) is 0 Å². The average Bonchev–Trinajstić information content (AvgIpc) is 2.31. The second-order valence-corrected chi connectivity index (χ2v) is 4.99. The number of aryl methyl sites for hydroxylation is 2. The molecule has 1 unspecified atom stereocenters. The van der Waals surface area contributed by atoms with E-state index in [1.807, 2.05) is 26.0 Å². The average molecular weight is 262 g/mol. The van der Waals surface area contributed by atoms with Gasteiger partial charge in [0, 0.05) is 5.56 Å². The van der Waals surface area contributed by atoms with E-state index in [-0.39, 0.29) is 5.56 Å². The van der Waals surface area contributed by atoms with Crippen molar-refractivity contribution in [3.8, 4) is 0 Å². The second-order valence-electron chi connectivity index (χ2n) is 4.99. The first-order valence-electron chi connectivity index (χ1n) is 6.08. The van der Waals surface area contributed by atoms with Crippen LogP contribution < -0.4 is 0 Å². The molecule has 19 heavy (non-hydrogen) atoms. The monoisotopic (exact) mass is 262 g/mol. The highest BCUT2D eigenvalue weighted by Gasteiger charge is 2.31. The van der Waals surface area contributed by atoms with E-state index in [9.17, 15) is 13.9 Å². The predicted molar refractivity (Wildman–Crippen MR) is 70.9 cm³/mol. The molecule has 0 spiro atoms. The van der Waals surface area contributed by atoms with Gasteiger partial charge >= 0.3 is 0 Å². The third-order valence-corrected chi connectivity index (χ3v) is 3.38. The summed E-state index contributed by atoms with van der Waals surface area (Å²) in [5.74, 6) is -1.96. The van der Waals surface area contributed by atoms with Gasteiger partial charge in [-0.1, -0.05) is 35.9 Å². The van der Waals surface area contributed by atoms with Crippen molar-refractivity contribution in [3.63, 3.8) is 0 Å². The van der Waals surface area contributed by atoms with Crippen molar-refractivity contribution in [2.45, 2.75) is 26.4 Å². The van der Waals surface area contributed by atoms with E-state index in [4.69, 9.17) is 0 Å². The summed E-state index contributed by atoms with van der Waals surface area (Å²) in [4.78, 5) is 0. The minimum Gasteiger partial charge on any atom is -0.381 e. The second kappa shape index (κ2) is 4.74. The zero-order valence-corrected chi connectivity index (χ0v) is 11.2. The van der Waals surface area contributed by atoms with Crippen molar-refractivity contribution in [1.82, 2.24) is 0 Å². The molecule has 2 aromatic carbocycles. The topological polar surface area (TPSA) is 20.2 Å². The van der Waals surface area contributed by atoms with Crippen LogP contribution in [0.1, 0.15) is 29.2 Å². The van der Waals surface area contributed by atoms with Crippen LogP contribution in [0.4, 0.5) is 8.78 Å². The van der Waals surface area contributed by atoms with Crippen molar-refractivity contribution >= 4 is 0 Å². The van der Waals surface area contributed by atoms with Gasteiger partial charge in [-0.05, 0) is 38.0 Å². The zero-order chi connectivity index (χ0) is 14.2. The molecule has 100 valence electrons. The van der Waals surface area contributed by atoms with Crippen LogP contribution in [-0.2, 0) is 5.60 Å². The minimum atomic E-state index is -1.57. The molecular weight excluding hydrogens is 246 g/mol. The molecule has 0 aromatic heterocycles. The van der Waals surface area contributed by atoms with Gasteiger partial charge in [-0.15, -0.1) is 0 Å². The van der Waals surface area contributed by atoms with E-state index < -0.39 is 17.2 Å². The first kappa shape index (κ1) is 13.7. The van der Waals surface area contributed by atoms with Gasteiger partial charge in [0.2, 0.25) is 0 Å². The quantitative estimate of drug-likeness (QED) is 0.872. The SMILES string of the molecule is Cc1ccc(C(C)(O)c2cccc(F)c2F)c(C)c1. The minimum absolute atomic E-state index is 0.0561. The van der Waals surface area contributed by atoms with Gasteiger partial charge in [0.1, 0.15) is 5.60 Å². The molecule has 0 aliphatic heterocycles. The van der Waals surface area contributed by atoms with Crippen LogP contribution in [0.25, 0.3) is 0 Å². The molecule has 0 amide bonds. The van der Waals surface area contributed by atoms with Gasteiger partial charge in [-0.2, -0.15) is 0 Å². The molecule has 1 atom stereocenters. The lowest BCUT2D eigenvalue weighted by Gasteiger charge is -2.27. The fourth-order valence-electron chi connectivity index (χ4n) is 2.38. The van der Waals surface area contributed by atoms with Crippen molar-refractivity contribution in [3.05, 3.63) is 70.3 Å². The summed E-state index contributed by atoms with van der Waals surface area (Å²) in [6, 6.07) is 9.32. The Bertz CT molecular complexity index is 618. The third-order valence-electron chi connectivity index (χ3n) is 3.38. The lowest BCUT2D eigenvalue weighted by Crippen LogP contribution is -2.26. The molecule has 2 rings (SSSR count). The molecule has 3 heteroatoms. The molecule has 0 heterocycles. The van der Waals surface area contributed by atoms with Crippen LogP contribution in [0.2, 0.25) is 0 Å². The Hall–Kier alpha value is -1.74. The number of aliphatic hydroxyl groups is 1. The zero-order valence-electron chi connectivity index (χ0n) is 11.2. The van der Waals surface area contributed by atoms with Gasteiger partial charge in [0.15, 0.2) is 11.6 Å². The summed E-state index contributed by atoms with van der Waals surface area (Å²) < 4.78 is 27.2. The first-order valence-corrected chi connectivity index (χ1v) is 6.08. The lowest BCUT2D eigenvalue weighted by atomic mass is 9.84. The summed E-state index contributed by atoms with van der Waals surface area (Å²) >= 11 is 0. The molecule has 0 saturated carbocycles. The number of hydrogen-bond donors (Lipinski definition) is 1. The Morgan fingerprint density at radius 2 is 1.68 bits per heavy atom. The molecule has 2 aromatic rings. The summed E-state index contributed by atoms with van der Waals surface area (Å²) in [5.41, 5.74) is 0.844. The van der Waals surface area contributed by atoms with Crippen LogP contribution in [-0.4, -0.2) is 5.11 Å². The summed E-state index contributed by atoms with van der Waals surface area (Å²) in [6.45, 7) is 5.25. The Morgan fingerprint density at radius 3 is 2.32 bits per heavy atom. The maximum Gasteiger partial charge on any atom is 0.165 e. The Morgan fingerprint density at radius 1 is 1.00 bits per heavy atom. The normalized spacial score (nSPS) is 14.2. The summed E-state index contributed by atoms with van der Waals surface area (Å²) in [7, 11) is 0. The van der Waals surface area contributed by atoms with Crippen molar-refractivity contribution in [2.75, 3.05) is 0 Å². The van der Waals surface area contributed by atoms with Crippen LogP contribution >= 0.6 is 0 Å². The van der Waals surface area contributed by atoms with Crippen LogP contribution in [0, 0.1) is 25.5 Å². The highest BCUT2D eigenvalue weighted by molar-refractivity contribution is 5.42. The van der Waals surface area contributed by atoms with Crippen LogP contribution in [0.15, 0.2) is 36.4 Å². The summed E-state index contributed by atoms with van der Waals surface area (Å²) in [6.07, 6.45) is 0. The Labute approximate surface area is 111 Å². The molecule has 0 radical (unpaired) electrons. The van der Waals surface area contributed by atoms with Crippen molar-refractivity contribution in [1.29, 1.82) is 0 Å². The molecule has 1 nitrogen and oxygen atoms in total. The largest absolute Gasteiger partial charge is 0.381 e. The lowest BCUT2D eigenvalue weighted by molar-refractivity contribution is 0.0963. The van der Waals surface area contributed by atoms with E-state index in [1.54, 1.807) is 6.07 Å².